The summed E-state index contributed by atoms with van der Waals surface area (Å²) in [6.07, 6.45) is 2.53. The molecule has 1 aliphatic rings. The molecule has 0 spiro atoms. The van der Waals surface area contributed by atoms with Crippen LogP contribution in [0, 0.1) is 0 Å². The van der Waals surface area contributed by atoms with Crippen LogP contribution in [0.15, 0.2) is 18.2 Å². The van der Waals surface area contributed by atoms with Gasteiger partial charge in [-0.2, -0.15) is 0 Å². The molecule has 0 saturated heterocycles. The van der Waals surface area contributed by atoms with Gasteiger partial charge in [0, 0.05) is 11.1 Å². The number of hydrogen-bond donors (Lipinski definition) is 2. The van der Waals surface area contributed by atoms with E-state index < -0.39 is 0 Å². The third kappa shape index (κ3) is 3.82. The highest BCUT2D eigenvalue weighted by atomic mass is 35.5. The lowest BCUT2D eigenvalue weighted by molar-refractivity contribution is -0.121. The molecule has 1 aromatic carbocycles. The molecule has 92 valence electrons. The first kappa shape index (κ1) is 12.0. The minimum Gasteiger partial charge on any atom is -0.491 e. The van der Waals surface area contributed by atoms with Gasteiger partial charge < -0.3 is 15.8 Å². The molecule has 1 aromatic rings. The molecule has 1 saturated carbocycles. The van der Waals surface area contributed by atoms with Gasteiger partial charge in [-0.3, -0.25) is 4.79 Å². The van der Waals surface area contributed by atoms with E-state index in [1.54, 1.807) is 18.2 Å². The number of ether oxygens (including phenoxy) is 1. The molecule has 1 fully saturated rings. The molecule has 3 N–H and O–H groups in total. The van der Waals surface area contributed by atoms with Crippen molar-refractivity contribution < 1.29 is 9.53 Å². The van der Waals surface area contributed by atoms with Crippen LogP contribution in [-0.2, 0) is 4.79 Å². The largest absolute Gasteiger partial charge is 0.491 e. The van der Waals surface area contributed by atoms with Crippen LogP contribution in [-0.4, -0.2) is 18.6 Å². The number of carbonyl (C=O) groups excluding carboxylic acids is 1. The van der Waals surface area contributed by atoms with E-state index in [4.69, 9.17) is 22.1 Å². The first-order valence-corrected chi connectivity index (χ1v) is 6.00. The molecule has 0 bridgehead atoms. The second-order valence-corrected chi connectivity index (χ2v) is 4.56. The van der Waals surface area contributed by atoms with Gasteiger partial charge in [0.05, 0.1) is 18.7 Å². The van der Waals surface area contributed by atoms with Crippen LogP contribution in [0.4, 0.5) is 5.69 Å². The quantitative estimate of drug-likeness (QED) is 0.790. The van der Waals surface area contributed by atoms with Crippen molar-refractivity contribution in [2.75, 3.05) is 12.3 Å². The molecule has 5 heteroatoms. The zero-order valence-corrected chi connectivity index (χ0v) is 10.2. The summed E-state index contributed by atoms with van der Waals surface area (Å²) in [6.45, 7) is 0.324. The summed E-state index contributed by atoms with van der Waals surface area (Å²) in [7, 11) is 0. The molecule has 0 unspecified atom stereocenters. The maximum atomic E-state index is 11.4. The average molecular weight is 255 g/mol. The maximum Gasteiger partial charge on any atom is 0.223 e. The van der Waals surface area contributed by atoms with Crippen LogP contribution in [0.25, 0.3) is 0 Å². The van der Waals surface area contributed by atoms with Gasteiger partial charge in [0.15, 0.2) is 0 Å². The minimum atomic E-state index is 0.0278. The Balaban J connectivity index is 1.75. The Hall–Kier alpha value is -1.42. The summed E-state index contributed by atoms with van der Waals surface area (Å²) in [5.41, 5.74) is 6.21. The highest BCUT2D eigenvalue weighted by Crippen LogP contribution is 2.25. The normalized spacial score (nSPS) is 14.4. The number of nitrogens with two attached hydrogens (primary N) is 1. The molecule has 4 nitrogen and oxygen atoms in total. The molecule has 1 aliphatic carbocycles. The van der Waals surface area contributed by atoms with Crippen molar-refractivity contribution in [3.8, 4) is 5.75 Å². The van der Waals surface area contributed by atoms with Crippen molar-refractivity contribution in [1.82, 2.24) is 5.32 Å². The van der Waals surface area contributed by atoms with Crippen LogP contribution in [0.5, 0.6) is 5.75 Å². The molecule has 0 aromatic heterocycles. The zero-order valence-electron chi connectivity index (χ0n) is 9.41. The predicted molar refractivity (Wildman–Crippen MR) is 67.1 cm³/mol. The fourth-order valence-electron chi connectivity index (χ4n) is 1.43. The lowest BCUT2D eigenvalue weighted by Crippen LogP contribution is -2.26. The van der Waals surface area contributed by atoms with Gasteiger partial charge in [0.1, 0.15) is 5.75 Å². The number of benzene rings is 1. The van der Waals surface area contributed by atoms with Crippen LogP contribution < -0.4 is 15.8 Å². The monoisotopic (exact) mass is 254 g/mol. The van der Waals surface area contributed by atoms with Crippen molar-refractivity contribution in [3.63, 3.8) is 0 Å². The zero-order chi connectivity index (χ0) is 12.3. The van der Waals surface area contributed by atoms with Crippen molar-refractivity contribution in [2.24, 2.45) is 0 Å². The van der Waals surface area contributed by atoms with Crippen molar-refractivity contribution in [1.29, 1.82) is 0 Å². The number of nitrogen functional groups attached to an aromatic ring is 1. The Morgan fingerprint density at radius 1 is 1.53 bits per heavy atom. The SMILES string of the molecule is Nc1cc(Cl)ccc1OCCC(=O)NC1CC1. The summed E-state index contributed by atoms with van der Waals surface area (Å²) in [4.78, 5) is 11.4. The molecule has 0 heterocycles. The maximum absolute atomic E-state index is 11.4. The first-order valence-electron chi connectivity index (χ1n) is 5.62. The first-order chi connectivity index (χ1) is 8.15. The van der Waals surface area contributed by atoms with E-state index in [1.165, 1.54) is 0 Å². The van der Waals surface area contributed by atoms with Crippen molar-refractivity contribution in [2.45, 2.75) is 25.3 Å². The van der Waals surface area contributed by atoms with Gasteiger partial charge in [0.25, 0.3) is 0 Å². The van der Waals surface area contributed by atoms with Gasteiger partial charge in [-0.15, -0.1) is 0 Å². The van der Waals surface area contributed by atoms with E-state index in [1.807, 2.05) is 0 Å². The molecular weight excluding hydrogens is 240 g/mol. The second kappa shape index (κ2) is 5.27. The van der Waals surface area contributed by atoms with E-state index in [0.717, 1.165) is 12.8 Å². The smallest absolute Gasteiger partial charge is 0.223 e. The minimum absolute atomic E-state index is 0.0278. The van der Waals surface area contributed by atoms with Crippen LogP contribution in [0.2, 0.25) is 5.02 Å². The standard InChI is InChI=1S/C12H15ClN2O2/c13-8-1-4-11(10(14)7-8)17-6-5-12(16)15-9-2-3-9/h1,4,7,9H,2-3,5-6,14H2,(H,15,16). The number of hydrogen-bond acceptors (Lipinski definition) is 3. The fraction of sp³-hybridized carbons (Fsp3) is 0.417. The van der Waals surface area contributed by atoms with Gasteiger partial charge in [-0.05, 0) is 31.0 Å². The van der Waals surface area contributed by atoms with E-state index in [0.29, 0.717) is 35.5 Å². The number of carbonyl (C=O) groups is 1. The fourth-order valence-corrected chi connectivity index (χ4v) is 1.61. The van der Waals surface area contributed by atoms with E-state index in [2.05, 4.69) is 5.32 Å². The number of anilines is 1. The Labute approximate surface area is 105 Å². The van der Waals surface area contributed by atoms with Gasteiger partial charge in [0.2, 0.25) is 5.91 Å². The molecular formula is C12H15ClN2O2. The number of rotatable bonds is 5. The summed E-state index contributed by atoms with van der Waals surface area (Å²) in [6, 6.07) is 5.43. The van der Waals surface area contributed by atoms with E-state index in [9.17, 15) is 4.79 Å². The average Bonchev–Trinajstić information content (AvgIpc) is 3.05. The summed E-state index contributed by atoms with van der Waals surface area (Å²) in [5, 5.41) is 3.46. The number of nitrogens with one attached hydrogen (secondary N) is 1. The Bertz CT molecular complexity index is 419. The van der Waals surface area contributed by atoms with Crippen LogP contribution in [0.3, 0.4) is 0 Å². The van der Waals surface area contributed by atoms with Crippen molar-refractivity contribution in [3.05, 3.63) is 23.2 Å². The molecule has 2 rings (SSSR count). The lowest BCUT2D eigenvalue weighted by Gasteiger charge is -2.09. The molecule has 17 heavy (non-hydrogen) atoms. The van der Waals surface area contributed by atoms with E-state index >= 15 is 0 Å². The predicted octanol–water partition coefficient (Wildman–Crippen LogP) is 1.97. The third-order valence-electron chi connectivity index (χ3n) is 2.50. The molecule has 0 radical (unpaired) electrons. The summed E-state index contributed by atoms with van der Waals surface area (Å²) >= 11 is 5.77. The third-order valence-corrected chi connectivity index (χ3v) is 2.74. The Morgan fingerprint density at radius 2 is 2.29 bits per heavy atom. The number of halogens is 1. The second-order valence-electron chi connectivity index (χ2n) is 4.12. The number of amides is 1. The highest BCUT2D eigenvalue weighted by Gasteiger charge is 2.22. The molecule has 1 amide bonds. The van der Waals surface area contributed by atoms with E-state index in [-0.39, 0.29) is 5.91 Å². The van der Waals surface area contributed by atoms with Crippen LogP contribution >= 0.6 is 11.6 Å². The van der Waals surface area contributed by atoms with Gasteiger partial charge >= 0.3 is 0 Å². The summed E-state index contributed by atoms with van der Waals surface area (Å²) in [5.74, 6) is 0.591. The topological polar surface area (TPSA) is 64.3 Å². The molecule has 0 aliphatic heterocycles. The van der Waals surface area contributed by atoms with Crippen molar-refractivity contribution >= 4 is 23.2 Å². The summed E-state index contributed by atoms with van der Waals surface area (Å²) < 4.78 is 5.42. The highest BCUT2D eigenvalue weighted by molar-refractivity contribution is 6.30. The van der Waals surface area contributed by atoms with Gasteiger partial charge in [-0.1, -0.05) is 11.6 Å². The lowest BCUT2D eigenvalue weighted by atomic mass is 10.3. The molecule has 0 atom stereocenters. The van der Waals surface area contributed by atoms with Crippen LogP contribution in [0.1, 0.15) is 19.3 Å². The Kier molecular flexibility index (Phi) is 3.74. The van der Waals surface area contributed by atoms with Gasteiger partial charge in [-0.25, -0.2) is 0 Å². The Morgan fingerprint density at radius 3 is 2.94 bits per heavy atom.